The van der Waals surface area contributed by atoms with Crippen molar-refractivity contribution >= 4 is 11.7 Å². The second kappa shape index (κ2) is 7.72. The average Bonchev–Trinajstić information content (AvgIpc) is 3.15. The van der Waals surface area contributed by atoms with Gasteiger partial charge in [-0.3, -0.25) is 0 Å². The van der Waals surface area contributed by atoms with Gasteiger partial charge in [-0.25, -0.2) is 9.78 Å². The average molecular weight is 329 g/mol. The number of nitrogens with one attached hydrogen (secondary N) is 1. The lowest BCUT2D eigenvalue weighted by Crippen LogP contribution is -2.52. The Labute approximate surface area is 141 Å². The molecule has 1 fully saturated rings. The van der Waals surface area contributed by atoms with E-state index in [4.69, 9.17) is 4.74 Å². The number of nitrogens with zero attached hydrogens (tertiary/aromatic N) is 4. The molecule has 1 aromatic heterocycles. The minimum Gasteiger partial charge on any atom is -0.497 e. The lowest BCUT2D eigenvalue weighted by atomic mass is 10.2. The standard InChI is InChI=1S/C17H23N5O2/c1-24-16-4-2-15(3-5-16)21-10-12-22(13-11-21)17(23)19-7-9-20-8-6-18-14-20/h2-6,8,14H,7,9-13H2,1H3,(H,19,23). The minimum absolute atomic E-state index is 0.00416. The molecule has 1 aliphatic heterocycles. The van der Waals surface area contributed by atoms with E-state index in [-0.39, 0.29) is 6.03 Å². The molecule has 0 aliphatic carbocycles. The molecule has 2 heterocycles. The normalized spacial score (nSPS) is 14.5. The Morgan fingerprint density at radius 2 is 1.96 bits per heavy atom. The Morgan fingerprint density at radius 1 is 1.21 bits per heavy atom. The summed E-state index contributed by atoms with van der Waals surface area (Å²) in [6.07, 6.45) is 5.37. The zero-order valence-corrected chi connectivity index (χ0v) is 13.9. The van der Waals surface area contributed by atoms with Gasteiger partial charge in [-0.05, 0) is 24.3 Å². The molecule has 1 aliphatic rings. The highest BCUT2D eigenvalue weighted by Gasteiger charge is 2.20. The van der Waals surface area contributed by atoms with E-state index in [2.05, 4.69) is 27.3 Å². The molecular formula is C17H23N5O2. The van der Waals surface area contributed by atoms with E-state index >= 15 is 0 Å². The number of anilines is 1. The van der Waals surface area contributed by atoms with Crippen molar-refractivity contribution in [2.45, 2.75) is 6.54 Å². The fourth-order valence-corrected chi connectivity index (χ4v) is 2.78. The molecule has 128 valence electrons. The van der Waals surface area contributed by atoms with Gasteiger partial charge in [0.1, 0.15) is 5.75 Å². The van der Waals surface area contributed by atoms with Gasteiger partial charge in [-0.15, -0.1) is 0 Å². The maximum absolute atomic E-state index is 12.2. The Kier molecular flexibility index (Phi) is 5.20. The lowest BCUT2D eigenvalue weighted by molar-refractivity contribution is 0.194. The van der Waals surface area contributed by atoms with E-state index in [1.807, 2.05) is 27.8 Å². The van der Waals surface area contributed by atoms with Crippen molar-refractivity contribution in [3.05, 3.63) is 43.0 Å². The maximum atomic E-state index is 12.2. The van der Waals surface area contributed by atoms with Crippen LogP contribution < -0.4 is 15.0 Å². The summed E-state index contributed by atoms with van der Waals surface area (Å²) in [5.74, 6) is 0.856. The molecule has 0 radical (unpaired) electrons. The van der Waals surface area contributed by atoms with Crippen molar-refractivity contribution in [3.63, 3.8) is 0 Å². The summed E-state index contributed by atoms with van der Waals surface area (Å²) in [5, 5.41) is 2.96. The van der Waals surface area contributed by atoms with E-state index < -0.39 is 0 Å². The first kappa shape index (κ1) is 16.2. The van der Waals surface area contributed by atoms with E-state index in [9.17, 15) is 4.79 Å². The van der Waals surface area contributed by atoms with Gasteiger partial charge in [0.05, 0.1) is 13.4 Å². The molecule has 0 saturated carbocycles. The molecule has 0 spiro atoms. The summed E-state index contributed by atoms with van der Waals surface area (Å²) in [6, 6.07) is 8.04. The van der Waals surface area contributed by atoms with Crippen LogP contribution in [0.15, 0.2) is 43.0 Å². The number of urea groups is 1. The number of hydrogen-bond acceptors (Lipinski definition) is 4. The Balaban J connectivity index is 1.43. The molecule has 2 amide bonds. The van der Waals surface area contributed by atoms with Crippen molar-refractivity contribution in [1.29, 1.82) is 0 Å². The maximum Gasteiger partial charge on any atom is 0.317 e. The van der Waals surface area contributed by atoms with Gasteiger partial charge in [-0.2, -0.15) is 0 Å². The van der Waals surface area contributed by atoms with Gasteiger partial charge in [0.2, 0.25) is 0 Å². The Hall–Kier alpha value is -2.70. The molecule has 1 saturated heterocycles. The highest BCUT2D eigenvalue weighted by Crippen LogP contribution is 2.20. The van der Waals surface area contributed by atoms with Crippen LogP contribution in [0.1, 0.15) is 0 Å². The van der Waals surface area contributed by atoms with Crippen LogP contribution >= 0.6 is 0 Å². The third kappa shape index (κ3) is 3.98. The molecule has 0 bridgehead atoms. The third-order valence-corrected chi connectivity index (χ3v) is 4.21. The van der Waals surface area contributed by atoms with Crippen molar-refractivity contribution in [2.24, 2.45) is 0 Å². The Bertz CT molecular complexity index is 634. The summed E-state index contributed by atoms with van der Waals surface area (Å²) in [5.41, 5.74) is 1.16. The number of piperazine rings is 1. The van der Waals surface area contributed by atoms with Crippen LogP contribution in [0.2, 0.25) is 0 Å². The summed E-state index contributed by atoms with van der Waals surface area (Å²) in [6.45, 7) is 4.46. The van der Waals surface area contributed by atoms with Crippen molar-refractivity contribution in [2.75, 3.05) is 44.7 Å². The molecule has 0 atom stereocenters. The number of carbonyl (C=O) groups is 1. The molecule has 24 heavy (non-hydrogen) atoms. The molecule has 2 aromatic rings. The van der Waals surface area contributed by atoms with Gasteiger partial charge >= 0.3 is 6.03 Å². The zero-order chi connectivity index (χ0) is 16.8. The number of amides is 2. The second-order valence-corrected chi connectivity index (χ2v) is 5.70. The first-order valence-corrected chi connectivity index (χ1v) is 8.14. The van der Waals surface area contributed by atoms with Crippen molar-refractivity contribution < 1.29 is 9.53 Å². The van der Waals surface area contributed by atoms with E-state index in [0.717, 1.165) is 44.2 Å². The van der Waals surface area contributed by atoms with Crippen LogP contribution in [0.5, 0.6) is 5.75 Å². The molecule has 1 N–H and O–H groups in total. The van der Waals surface area contributed by atoms with Gasteiger partial charge < -0.3 is 24.4 Å². The number of rotatable bonds is 5. The smallest absolute Gasteiger partial charge is 0.317 e. The van der Waals surface area contributed by atoms with Crippen molar-refractivity contribution in [1.82, 2.24) is 19.8 Å². The predicted molar refractivity (Wildman–Crippen MR) is 92.4 cm³/mol. The Morgan fingerprint density at radius 3 is 2.58 bits per heavy atom. The topological polar surface area (TPSA) is 62.6 Å². The predicted octanol–water partition coefficient (Wildman–Crippen LogP) is 1.42. The van der Waals surface area contributed by atoms with Gasteiger partial charge in [0.25, 0.3) is 0 Å². The van der Waals surface area contributed by atoms with Crippen LogP contribution in [0, 0.1) is 0 Å². The summed E-state index contributed by atoms with van der Waals surface area (Å²) in [7, 11) is 1.67. The number of hydrogen-bond donors (Lipinski definition) is 1. The monoisotopic (exact) mass is 329 g/mol. The number of aromatic nitrogens is 2. The van der Waals surface area contributed by atoms with Crippen molar-refractivity contribution in [3.8, 4) is 5.75 Å². The molecule has 1 aromatic carbocycles. The zero-order valence-electron chi connectivity index (χ0n) is 13.9. The molecule has 0 unspecified atom stereocenters. The second-order valence-electron chi connectivity index (χ2n) is 5.70. The fraction of sp³-hybridized carbons (Fsp3) is 0.412. The van der Waals surface area contributed by atoms with Gasteiger partial charge in [0, 0.05) is 57.3 Å². The molecule has 7 nitrogen and oxygen atoms in total. The first-order valence-electron chi connectivity index (χ1n) is 8.14. The van der Waals surface area contributed by atoms with Gasteiger partial charge in [-0.1, -0.05) is 0 Å². The van der Waals surface area contributed by atoms with E-state index in [1.165, 1.54) is 0 Å². The highest BCUT2D eigenvalue weighted by atomic mass is 16.5. The summed E-state index contributed by atoms with van der Waals surface area (Å²) >= 11 is 0. The van der Waals surface area contributed by atoms with E-state index in [1.54, 1.807) is 19.6 Å². The SMILES string of the molecule is COc1ccc(N2CCN(C(=O)NCCn3ccnc3)CC2)cc1. The number of ether oxygens (including phenoxy) is 1. The molecule has 7 heteroatoms. The number of imidazole rings is 1. The summed E-state index contributed by atoms with van der Waals surface area (Å²) in [4.78, 5) is 20.3. The largest absolute Gasteiger partial charge is 0.497 e. The molecule has 3 rings (SSSR count). The first-order chi connectivity index (χ1) is 11.8. The fourth-order valence-electron chi connectivity index (χ4n) is 2.78. The number of methoxy groups -OCH3 is 1. The van der Waals surface area contributed by atoms with Crippen LogP contribution in [0.3, 0.4) is 0 Å². The van der Waals surface area contributed by atoms with Crippen LogP contribution in [0.25, 0.3) is 0 Å². The highest BCUT2D eigenvalue weighted by molar-refractivity contribution is 5.74. The third-order valence-electron chi connectivity index (χ3n) is 4.21. The quantitative estimate of drug-likeness (QED) is 0.901. The van der Waals surface area contributed by atoms with Crippen LogP contribution in [0.4, 0.5) is 10.5 Å². The molecular weight excluding hydrogens is 306 g/mol. The van der Waals surface area contributed by atoms with E-state index in [0.29, 0.717) is 6.54 Å². The number of benzene rings is 1. The minimum atomic E-state index is 0.00416. The van der Waals surface area contributed by atoms with Gasteiger partial charge in [0.15, 0.2) is 0 Å². The van der Waals surface area contributed by atoms with Crippen LogP contribution in [-0.2, 0) is 6.54 Å². The number of carbonyl (C=O) groups excluding carboxylic acids is 1. The summed E-state index contributed by atoms with van der Waals surface area (Å²) < 4.78 is 7.13. The van der Waals surface area contributed by atoms with Crippen LogP contribution in [-0.4, -0.2) is 60.3 Å². The lowest BCUT2D eigenvalue weighted by Gasteiger charge is -2.36.